The largest absolute Gasteiger partial charge is 0.269 e. The molecule has 1 aromatic heterocycles. The van der Waals surface area contributed by atoms with Crippen molar-refractivity contribution in [3.8, 4) is 0 Å². The summed E-state index contributed by atoms with van der Waals surface area (Å²) < 4.78 is 0. The summed E-state index contributed by atoms with van der Waals surface area (Å²) in [5, 5.41) is 10.6. The lowest BCUT2D eigenvalue weighted by Gasteiger charge is -2.02. The monoisotopic (exact) mass is 276 g/mol. The highest BCUT2D eigenvalue weighted by Crippen LogP contribution is 2.21. The first kappa shape index (κ1) is 13.7. The molecule has 0 aliphatic heterocycles. The van der Waals surface area contributed by atoms with Crippen molar-refractivity contribution in [2.24, 2.45) is 0 Å². The van der Waals surface area contributed by atoms with Crippen molar-refractivity contribution in [3.05, 3.63) is 56.0 Å². The van der Waals surface area contributed by atoms with Gasteiger partial charge < -0.3 is 0 Å². The zero-order valence-corrected chi connectivity index (χ0v) is 11.7. The minimum Gasteiger partial charge on any atom is -0.258 e. The molecule has 4 nitrogen and oxygen atoms in total. The molecular weight excluding hydrogens is 260 g/mol. The van der Waals surface area contributed by atoms with Crippen LogP contribution in [0.25, 0.3) is 0 Å². The van der Waals surface area contributed by atoms with Gasteiger partial charge in [0, 0.05) is 23.4 Å². The number of benzene rings is 1. The predicted molar refractivity (Wildman–Crippen MR) is 76.6 cm³/mol. The Kier molecular flexibility index (Phi) is 4.63. The van der Waals surface area contributed by atoms with Crippen LogP contribution in [0.3, 0.4) is 0 Å². The van der Waals surface area contributed by atoms with Crippen LogP contribution in [0.5, 0.6) is 0 Å². The lowest BCUT2D eigenvalue weighted by atomic mass is 10.1. The number of nitrogens with zero attached hydrogens (tertiary/aromatic N) is 2. The molecule has 0 aliphatic carbocycles. The molecule has 0 fully saturated rings. The SMILES string of the molecule is CCCCc1ncsc1Cc1ccc([N+](=O)[O-])cc1. The van der Waals surface area contributed by atoms with Crippen LogP contribution in [-0.2, 0) is 12.8 Å². The Morgan fingerprint density at radius 2 is 2.05 bits per heavy atom. The van der Waals surface area contributed by atoms with Gasteiger partial charge in [0.1, 0.15) is 0 Å². The minimum atomic E-state index is -0.372. The van der Waals surface area contributed by atoms with Crippen LogP contribution >= 0.6 is 11.3 Å². The Labute approximate surface area is 116 Å². The first-order valence-electron chi connectivity index (χ1n) is 6.35. The van der Waals surface area contributed by atoms with Crippen molar-refractivity contribution in [1.82, 2.24) is 4.98 Å². The molecule has 2 rings (SSSR count). The van der Waals surface area contributed by atoms with Gasteiger partial charge in [-0.3, -0.25) is 10.1 Å². The normalized spacial score (nSPS) is 10.6. The third kappa shape index (κ3) is 3.61. The van der Waals surface area contributed by atoms with Crippen molar-refractivity contribution >= 4 is 17.0 Å². The molecule has 0 saturated carbocycles. The third-order valence-electron chi connectivity index (χ3n) is 3.00. The van der Waals surface area contributed by atoms with E-state index in [0.717, 1.165) is 31.2 Å². The standard InChI is InChI=1S/C14H16N2O2S/c1-2-3-4-13-14(19-10-15-13)9-11-5-7-12(8-6-11)16(17)18/h5-8,10H,2-4,9H2,1H3. The van der Waals surface area contributed by atoms with E-state index in [1.807, 2.05) is 17.6 Å². The van der Waals surface area contributed by atoms with Crippen molar-refractivity contribution in [1.29, 1.82) is 0 Å². The van der Waals surface area contributed by atoms with Gasteiger partial charge in [-0.05, 0) is 18.4 Å². The van der Waals surface area contributed by atoms with E-state index in [4.69, 9.17) is 0 Å². The molecule has 0 spiro atoms. The summed E-state index contributed by atoms with van der Waals surface area (Å²) in [4.78, 5) is 15.9. The van der Waals surface area contributed by atoms with Crippen molar-refractivity contribution < 1.29 is 4.92 Å². The number of nitro groups is 1. The summed E-state index contributed by atoms with van der Waals surface area (Å²) >= 11 is 1.66. The van der Waals surface area contributed by atoms with E-state index in [-0.39, 0.29) is 10.6 Å². The summed E-state index contributed by atoms with van der Waals surface area (Å²) in [6.07, 6.45) is 4.13. The quantitative estimate of drug-likeness (QED) is 0.592. The zero-order chi connectivity index (χ0) is 13.7. The van der Waals surface area contributed by atoms with Gasteiger partial charge in [-0.25, -0.2) is 4.98 Å². The molecule has 0 saturated heterocycles. The van der Waals surface area contributed by atoms with Crippen LogP contribution in [0.4, 0.5) is 5.69 Å². The molecule has 100 valence electrons. The lowest BCUT2D eigenvalue weighted by Crippen LogP contribution is -1.94. The topological polar surface area (TPSA) is 56.0 Å². The van der Waals surface area contributed by atoms with Crippen molar-refractivity contribution in [2.45, 2.75) is 32.6 Å². The molecule has 2 aromatic rings. The predicted octanol–water partition coefficient (Wildman–Crippen LogP) is 3.98. The maximum atomic E-state index is 10.6. The van der Waals surface area contributed by atoms with Crippen LogP contribution in [0.1, 0.15) is 35.9 Å². The molecule has 0 radical (unpaired) electrons. The van der Waals surface area contributed by atoms with Gasteiger partial charge in [-0.2, -0.15) is 0 Å². The number of non-ortho nitro benzene ring substituents is 1. The number of rotatable bonds is 6. The first-order chi connectivity index (χ1) is 9.20. The number of aryl methyl sites for hydroxylation is 1. The van der Waals surface area contributed by atoms with Crippen molar-refractivity contribution in [2.75, 3.05) is 0 Å². The second kappa shape index (κ2) is 6.43. The van der Waals surface area contributed by atoms with Crippen molar-refractivity contribution in [3.63, 3.8) is 0 Å². The number of aromatic nitrogens is 1. The summed E-state index contributed by atoms with van der Waals surface area (Å²) in [5.41, 5.74) is 4.28. The van der Waals surface area contributed by atoms with Gasteiger partial charge in [0.2, 0.25) is 0 Å². The van der Waals surface area contributed by atoms with Gasteiger partial charge in [0.25, 0.3) is 5.69 Å². The smallest absolute Gasteiger partial charge is 0.258 e. The first-order valence-corrected chi connectivity index (χ1v) is 7.23. The maximum Gasteiger partial charge on any atom is 0.269 e. The lowest BCUT2D eigenvalue weighted by molar-refractivity contribution is -0.384. The van der Waals surface area contributed by atoms with Gasteiger partial charge in [0.05, 0.1) is 16.1 Å². The zero-order valence-electron chi connectivity index (χ0n) is 10.8. The Bertz CT molecular complexity index is 549. The van der Waals surface area contributed by atoms with Gasteiger partial charge in [-0.1, -0.05) is 25.5 Å². The summed E-state index contributed by atoms with van der Waals surface area (Å²) in [6.45, 7) is 2.17. The van der Waals surface area contributed by atoms with E-state index >= 15 is 0 Å². The average molecular weight is 276 g/mol. The van der Waals surface area contributed by atoms with E-state index < -0.39 is 0 Å². The molecule has 0 atom stereocenters. The molecular formula is C14H16N2O2S. The molecule has 5 heteroatoms. The van der Waals surface area contributed by atoms with Crippen LogP contribution in [0, 0.1) is 10.1 Å². The highest BCUT2D eigenvalue weighted by atomic mass is 32.1. The Hall–Kier alpha value is -1.75. The van der Waals surface area contributed by atoms with Gasteiger partial charge in [0.15, 0.2) is 0 Å². The number of hydrogen-bond acceptors (Lipinski definition) is 4. The van der Waals surface area contributed by atoms with E-state index in [1.54, 1.807) is 23.5 Å². The Morgan fingerprint density at radius 1 is 1.32 bits per heavy atom. The fourth-order valence-corrected chi connectivity index (χ4v) is 2.75. The van der Waals surface area contributed by atoms with E-state index in [0.29, 0.717) is 0 Å². The van der Waals surface area contributed by atoms with Gasteiger partial charge in [-0.15, -0.1) is 11.3 Å². The maximum absolute atomic E-state index is 10.6. The molecule has 1 aromatic carbocycles. The summed E-state index contributed by atoms with van der Waals surface area (Å²) in [7, 11) is 0. The molecule has 0 aliphatic rings. The molecule has 19 heavy (non-hydrogen) atoms. The summed E-state index contributed by atoms with van der Waals surface area (Å²) in [6, 6.07) is 6.76. The highest BCUT2D eigenvalue weighted by Gasteiger charge is 2.08. The second-order valence-corrected chi connectivity index (χ2v) is 5.37. The molecule has 0 amide bonds. The molecule has 0 bridgehead atoms. The van der Waals surface area contributed by atoms with Crippen LogP contribution in [0.2, 0.25) is 0 Å². The number of thiazole rings is 1. The Balaban J connectivity index is 2.08. The number of hydrogen-bond donors (Lipinski definition) is 0. The average Bonchev–Trinajstić information content (AvgIpc) is 2.84. The fraction of sp³-hybridized carbons (Fsp3) is 0.357. The number of unbranched alkanes of at least 4 members (excludes halogenated alkanes) is 1. The highest BCUT2D eigenvalue weighted by molar-refractivity contribution is 7.09. The molecule has 0 N–H and O–H groups in total. The fourth-order valence-electron chi connectivity index (χ4n) is 1.91. The summed E-state index contributed by atoms with van der Waals surface area (Å²) in [5.74, 6) is 0. The third-order valence-corrected chi connectivity index (χ3v) is 3.88. The number of nitro benzene ring substituents is 1. The van der Waals surface area contributed by atoms with E-state index in [1.165, 1.54) is 10.6 Å². The van der Waals surface area contributed by atoms with Crippen LogP contribution in [-0.4, -0.2) is 9.91 Å². The molecule has 1 heterocycles. The van der Waals surface area contributed by atoms with Gasteiger partial charge >= 0.3 is 0 Å². The second-order valence-electron chi connectivity index (χ2n) is 4.43. The van der Waals surface area contributed by atoms with E-state index in [2.05, 4.69) is 11.9 Å². The van der Waals surface area contributed by atoms with Crippen LogP contribution in [0.15, 0.2) is 29.8 Å². The van der Waals surface area contributed by atoms with E-state index in [9.17, 15) is 10.1 Å². The Morgan fingerprint density at radius 3 is 2.68 bits per heavy atom. The van der Waals surface area contributed by atoms with Crippen LogP contribution < -0.4 is 0 Å². The minimum absolute atomic E-state index is 0.138. The molecule has 0 unspecified atom stereocenters.